The van der Waals surface area contributed by atoms with Gasteiger partial charge in [-0.25, -0.2) is 17.5 Å². The summed E-state index contributed by atoms with van der Waals surface area (Å²) in [5, 5.41) is -0.0491. The molecule has 8 heteroatoms. The number of amides is 1. The smallest absolute Gasteiger partial charge is 0.253 e. The number of hydrogen-bond donors (Lipinski definition) is 1. The van der Waals surface area contributed by atoms with E-state index in [0.717, 1.165) is 12.1 Å². The van der Waals surface area contributed by atoms with E-state index in [1.807, 2.05) is 6.07 Å². The van der Waals surface area contributed by atoms with Crippen LogP contribution >= 0.6 is 11.6 Å². The second-order valence-electron chi connectivity index (χ2n) is 6.15. The summed E-state index contributed by atoms with van der Waals surface area (Å²) in [7, 11) is -3.99. The van der Waals surface area contributed by atoms with Gasteiger partial charge in [-0.05, 0) is 43.2 Å². The minimum absolute atomic E-state index is 0.0491. The third-order valence-electron chi connectivity index (χ3n) is 4.23. The Hall–Kier alpha value is -1.96. The zero-order valence-electron chi connectivity index (χ0n) is 13.9. The molecule has 1 atom stereocenters. The monoisotopic (exact) mass is 396 g/mol. The second kappa shape index (κ2) is 7.73. The first-order valence-corrected chi connectivity index (χ1v) is 10.0. The summed E-state index contributed by atoms with van der Waals surface area (Å²) in [6.07, 6.45) is 1.26. The molecule has 1 amide bonds. The lowest BCUT2D eigenvalue weighted by atomic mass is 10.1. The maximum absolute atomic E-state index is 13.4. The minimum atomic E-state index is -3.99. The highest BCUT2D eigenvalue weighted by Gasteiger charge is 2.29. The lowest BCUT2D eigenvalue weighted by Crippen LogP contribution is -2.49. The van der Waals surface area contributed by atoms with Crippen LogP contribution in [0.25, 0.3) is 0 Å². The largest absolute Gasteiger partial charge is 0.337 e. The van der Waals surface area contributed by atoms with Gasteiger partial charge < -0.3 is 4.90 Å². The molecule has 1 unspecified atom stereocenters. The molecule has 1 heterocycles. The zero-order valence-corrected chi connectivity index (χ0v) is 15.4. The van der Waals surface area contributed by atoms with Crippen molar-refractivity contribution in [2.75, 3.05) is 13.1 Å². The van der Waals surface area contributed by atoms with E-state index in [0.29, 0.717) is 24.9 Å². The fourth-order valence-corrected chi connectivity index (χ4v) is 4.76. The van der Waals surface area contributed by atoms with Crippen LogP contribution in [0.4, 0.5) is 4.39 Å². The van der Waals surface area contributed by atoms with Crippen LogP contribution in [0.5, 0.6) is 0 Å². The highest BCUT2D eigenvalue weighted by Crippen LogP contribution is 2.23. The van der Waals surface area contributed by atoms with Crippen molar-refractivity contribution in [3.63, 3.8) is 0 Å². The van der Waals surface area contributed by atoms with Crippen molar-refractivity contribution in [2.45, 2.75) is 23.8 Å². The standard InChI is InChI=1S/C18H18ClFN2O3S/c19-16-9-8-14(20)11-17(16)26(24,25)21-15-7-4-10-22(12-15)18(23)13-5-2-1-3-6-13/h1-3,5-6,8-9,11,15,21H,4,7,10,12H2. The molecule has 138 valence electrons. The molecule has 1 saturated heterocycles. The van der Waals surface area contributed by atoms with Gasteiger partial charge in [0, 0.05) is 24.7 Å². The third kappa shape index (κ3) is 4.23. The molecular weight excluding hydrogens is 379 g/mol. The summed E-state index contributed by atoms with van der Waals surface area (Å²) in [4.78, 5) is 13.9. The molecule has 5 nitrogen and oxygen atoms in total. The molecule has 0 radical (unpaired) electrons. The Bertz CT molecular complexity index is 906. The lowest BCUT2D eigenvalue weighted by molar-refractivity contribution is 0.0703. The molecule has 1 fully saturated rings. The maximum atomic E-state index is 13.4. The Labute approximate surface area is 156 Å². The number of rotatable bonds is 4. The van der Waals surface area contributed by atoms with E-state index >= 15 is 0 Å². The van der Waals surface area contributed by atoms with E-state index in [4.69, 9.17) is 11.6 Å². The first-order chi connectivity index (χ1) is 12.4. The summed E-state index contributed by atoms with van der Waals surface area (Å²) in [5.74, 6) is -0.822. The Morgan fingerprint density at radius 1 is 1.19 bits per heavy atom. The molecule has 2 aromatic rings. The summed E-state index contributed by atoms with van der Waals surface area (Å²) in [6.45, 7) is 0.812. The van der Waals surface area contributed by atoms with Crippen LogP contribution in [0, 0.1) is 5.82 Å². The Balaban J connectivity index is 1.74. The van der Waals surface area contributed by atoms with Gasteiger partial charge in [0.25, 0.3) is 5.91 Å². The van der Waals surface area contributed by atoms with E-state index in [1.54, 1.807) is 29.2 Å². The Morgan fingerprint density at radius 2 is 1.92 bits per heavy atom. The average molecular weight is 397 g/mol. The SMILES string of the molecule is O=C(c1ccccc1)N1CCCC(NS(=O)(=O)c2cc(F)ccc2Cl)C1. The molecule has 26 heavy (non-hydrogen) atoms. The highest BCUT2D eigenvalue weighted by atomic mass is 35.5. The Morgan fingerprint density at radius 3 is 2.65 bits per heavy atom. The molecule has 0 saturated carbocycles. The summed E-state index contributed by atoms with van der Waals surface area (Å²) in [6, 6.07) is 11.6. The number of sulfonamides is 1. The number of halogens is 2. The summed E-state index contributed by atoms with van der Waals surface area (Å²) < 4.78 is 41.1. The van der Waals surface area contributed by atoms with Crippen LogP contribution in [0.1, 0.15) is 23.2 Å². The number of hydrogen-bond acceptors (Lipinski definition) is 3. The number of likely N-dealkylation sites (tertiary alicyclic amines) is 1. The van der Waals surface area contributed by atoms with Crippen LogP contribution in [-0.2, 0) is 10.0 Å². The Kier molecular flexibility index (Phi) is 5.60. The van der Waals surface area contributed by atoms with E-state index in [9.17, 15) is 17.6 Å². The van der Waals surface area contributed by atoms with Gasteiger partial charge >= 0.3 is 0 Å². The van der Waals surface area contributed by atoms with Gasteiger partial charge in [0.1, 0.15) is 10.7 Å². The maximum Gasteiger partial charge on any atom is 0.253 e. The lowest BCUT2D eigenvalue weighted by Gasteiger charge is -2.33. The van der Waals surface area contributed by atoms with Gasteiger partial charge in [0.05, 0.1) is 5.02 Å². The van der Waals surface area contributed by atoms with Crippen molar-refractivity contribution in [3.8, 4) is 0 Å². The molecule has 0 aliphatic carbocycles. The van der Waals surface area contributed by atoms with Crippen molar-refractivity contribution in [1.82, 2.24) is 9.62 Å². The fraction of sp³-hybridized carbons (Fsp3) is 0.278. The van der Waals surface area contributed by atoms with E-state index in [2.05, 4.69) is 4.72 Å². The normalized spacial score (nSPS) is 17.9. The highest BCUT2D eigenvalue weighted by molar-refractivity contribution is 7.89. The molecule has 0 aromatic heterocycles. The first-order valence-electron chi connectivity index (χ1n) is 8.18. The number of carbonyl (C=O) groups excluding carboxylic acids is 1. The number of piperidine rings is 1. The number of nitrogens with zero attached hydrogens (tertiary/aromatic N) is 1. The van der Waals surface area contributed by atoms with Crippen molar-refractivity contribution in [3.05, 3.63) is 64.9 Å². The zero-order chi connectivity index (χ0) is 18.7. The fourth-order valence-electron chi connectivity index (χ4n) is 2.99. The molecular formula is C18H18ClFN2O3S. The van der Waals surface area contributed by atoms with Crippen molar-refractivity contribution >= 4 is 27.5 Å². The number of benzene rings is 2. The average Bonchev–Trinajstić information content (AvgIpc) is 2.63. The number of nitrogens with one attached hydrogen (secondary N) is 1. The van der Waals surface area contributed by atoms with Gasteiger partial charge in [0.15, 0.2) is 0 Å². The van der Waals surface area contributed by atoms with Crippen LogP contribution in [0.2, 0.25) is 5.02 Å². The summed E-state index contributed by atoms with van der Waals surface area (Å²) in [5.41, 5.74) is 0.559. The van der Waals surface area contributed by atoms with E-state index < -0.39 is 21.9 Å². The van der Waals surface area contributed by atoms with Crippen molar-refractivity contribution < 1.29 is 17.6 Å². The first kappa shape index (κ1) is 18.8. The summed E-state index contributed by atoms with van der Waals surface area (Å²) >= 11 is 5.91. The quantitative estimate of drug-likeness (QED) is 0.863. The third-order valence-corrected chi connectivity index (χ3v) is 6.24. The number of carbonyl (C=O) groups is 1. The van der Waals surface area contributed by atoms with E-state index in [1.165, 1.54) is 6.07 Å². The molecule has 3 rings (SSSR count). The second-order valence-corrected chi connectivity index (χ2v) is 8.24. The van der Waals surface area contributed by atoms with Gasteiger partial charge in [-0.15, -0.1) is 0 Å². The van der Waals surface area contributed by atoms with Crippen LogP contribution in [-0.4, -0.2) is 38.4 Å². The van der Waals surface area contributed by atoms with E-state index in [-0.39, 0.29) is 22.4 Å². The van der Waals surface area contributed by atoms with Gasteiger partial charge in [-0.2, -0.15) is 0 Å². The molecule has 1 aliphatic rings. The molecule has 1 aliphatic heterocycles. The predicted molar refractivity (Wildman–Crippen MR) is 97.1 cm³/mol. The molecule has 2 aromatic carbocycles. The van der Waals surface area contributed by atoms with Crippen LogP contribution in [0.3, 0.4) is 0 Å². The molecule has 0 spiro atoms. The topological polar surface area (TPSA) is 66.5 Å². The van der Waals surface area contributed by atoms with Gasteiger partial charge in [-0.3, -0.25) is 4.79 Å². The molecule has 1 N–H and O–H groups in total. The minimum Gasteiger partial charge on any atom is -0.337 e. The van der Waals surface area contributed by atoms with Gasteiger partial charge in [-0.1, -0.05) is 29.8 Å². The predicted octanol–water partition coefficient (Wildman–Crippen LogP) is 3.06. The molecule has 0 bridgehead atoms. The van der Waals surface area contributed by atoms with Gasteiger partial charge in [0.2, 0.25) is 10.0 Å². The van der Waals surface area contributed by atoms with Crippen molar-refractivity contribution in [1.29, 1.82) is 0 Å². The van der Waals surface area contributed by atoms with Crippen LogP contribution < -0.4 is 4.72 Å². The van der Waals surface area contributed by atoms with Crippen molar-refractivity contribution in [2.24, 2.45) is 0 Å². The van der Waals surface area contributed by atoms with Crippen LogP contribution in [0.15, 0.2) is 53.4 Å².